The maximum atomic E-state index is 13.8. The van der Waals surface area contributed by atoms with Crippen molar-refractivity contribution in [3.8, 4) is 0 Å². The summed E-state index contributed by atoms with van der Waals surface area (Å²) in [5.41, 5.74) is 4.92. The van der Waals surface area contributed by atoms with Gasteiger partial charge < -0.3 is 5.73 Å². The Kier molecular flexibility index (Phi) is 4.33. The number of para-hydroxylation sites is 1. The largest absolute Gasteiger partial charge is 0.366 e. The van der Waals surface area contributed by atoms with Crippen molar-refractivity contribution in [2.24, 2.45) is 5.73 Å². The van der Waals surface area contributed by atoms with Gasteiger partial charge >= 0.3 is 0 Å². The molecule has 0 aliphatic heterocycles. The number of nitrogens with two attached hydrogens (primary N) is 1. The molecule has 2 N–H and O–H groups in total. The van der Waals surface area contributed by atoms with Crippen molar-refractivity contribution in [2.75, 3.05) is 11.4 Å². The van der Waals surface area contributed by atoms with Crippen LogP contribution in [0.5, 0.6) is 0 Å². The number of benzene rings is 2. The highest BCUT2D eigenvalue weighted by Gasteiger charge is 2.29. The Morgan fingerprint density at radius 1 is 1.04 bits per heavy atom. The fourth-order valence-corrected chi connectivity index (χ4v) is 3.21. The molecule has 2 aromatic rings. The number of sulfonamides is 1. The molecule has 0 aliphatic carbocycles. The van der Waals surface area contributed by atoms with E-state index in [2.05, 4.69) is 0 Å². The number of hydrogen-bond acceptors (Lipinski definition) is 3. The molecule has 0 radical (unpaired) electrons. The summed E-state index contributed by atoms with van der Waals surface area (Å²) in [5.74, 6) is -6.15. The molecule has 23 heavy (non-hydrogen) atoms. The van der Waals surface area contributed by atoms with Crippen molar-refractivity contribution < 1.29 is 26.4 Å². The maximum absolute atomic E-state index is 13.8. The first-order chi connectivity index (χ1) is 10.7. The van der Waals surface area contributed by atoms with E-state index >= 15 is 0 Å². The molecule has 2 aromatic carbocycles. The van der Waals surface area contributed by atoms with E-state index < -0.39 is 38.3 Å². The number of halogens is 3. The van der Waals surface area contributed by atoms with Gasteiger partial charge in [-0.05, 0) is 24.3 Å². The van der Waals surface area contributed by atoms with Gasteiger partial charge in [-0.25, -0.2) is 21.6 Å². The lowest BCUT2D eigenvalue weighted by atomic mass is 10.2. The van der Waals surface area contributed by atoms with Crippen LogP contribution in [0.15, 0.2) is 41.3 Å². The molecule has 0 unspecified atom stereocenters. The lowest BCUT2D eigenvalue weighted by Gasteiger charge is -2.21. The molecule has 1 amide bonds. The van der Waals surface area contributed by atoms with E-state index in [1.807, 2.05) is 0 Å². The topological polar surface area (TPSA) is 80.5 Å². The molecule has 0 saturated carbocycles. The molecule has 0 atom stereocenters. The highest BCUT2D eigenvalue weighted by atomic mass is 32.2. The van der Waals surface area contributed by atoms with Crippen molar-refractivity contribution in [3.05, 3.63) is 59.4 Å². The molecule has 5 nitrogen and oxygen atoms in total. The summed E-state index contributed by atoms with van der Waals surface area (Å²) in [5, 5.41) is 0. The standard InChI is InChI=1S/C14H11F3N2O3S/c1-19(10-5-3-2-4-8(10)14(18)20)23(21,22)11-7-6-9(15)12(16)13(11)17/h2-7H,1H3,(H2,18,20). The Bertz CT molecular complexity index is 885. The third-order valence-corrected chi connectivity index (χ3v) is 4.94. The Morgan fingerprint density at radius 3 is 2.26 bits per heavy atom. The second-order valence-electron chi connectivity index (χ2n) is 4.53. The third kappa shape index (κ3) is 2.87. The first kappa shape index (κ1) is 16.8. The molecular weight excluding hydrogens is 333 g/mol. The summed E-state index contributed by atoms with van der Waals surface area (Å²) < 4.78 is 65.5. The minimum absolute atomic E-state index is 0.121. The van der Waals surface area contributed by atoms with Crippen LogP contribution < -0.4 is 10.0 Å². The number of anilines is 1. The van der Waals surface area contributed by atoms with Gasteiger partial charge in [0.1, 0.15) is 4.90 Å². The van der Waals surface area contributed by atoms with Gasteiger partial charge in [0.15, 0.2) is 17.5 Å². The second-order valence-corrected chi connectivity index (χ2v) is 6.47. The van der Waals surface area contributed by atoms with E-state index in [-0.39, 0.29) is 11.3 Å². The third-order valence-electron chi connectivity index (χ3n) is 3.15. The summed E-state index contributed by atoms with van der Waals surface area (Å²) in [4.78, 5) is 10.3. The number of amides is 1. The number of hydrogen-bond donors (Lipinski definition) is 1. The van der Waals surface area contributed by atoms with E-state index in [0.717, 1.165) is 7.05 Å². The van der Waals surface area contributed by atoms with Crippen LogP contribution in [0.4, 0.5) is 18.9 Å². The summed E-state index contributed by atoms with van der Waals surface area (Å²) in [6, 6.07) is 6.56. The predicted molar refractivity (Wildman–Crippen MR) is 76.9 cm³/mol. The van der Waals surface area contributed by atoms with Crippen molar-refractivity contribution in [3.63, 3.8) is 0 Å². The molecule has 122 valence electrons. The molecule has 0 spiro atoms. The number of carbonyl (C=O) groups excluding carboxylic acids is 1. The van der Waals surface area contributed by atoms with Crippen LogP contribution >= 0.6 is 0 Å². The van der Waals surface area contributed by atoms with Gasteiger partial charge in [-0.15, -0.1) is 0 Å². The van der Waals surface area contributed by atoms with Crippen LogP contribution in [0.25, 0.3) is 0 Å². The van der Waals surface area contributed by atoms with Crippen LogP contribution in [0, 0.1) is 17.5 Å². The fraction of sp³-hybridized carbons (Fsp3) is 0.0714. The van der Waals surface area contributed by atoms with Gasteiger partial charge in [-0.2, -0.15) is 0 Å². The highest BCUT2D eigenvalue weighted by Crippen LogP contribution is 2.28. The lowest BCUT2D eigenvalue weighted by Crippen LogP contribution is -2.30. The number of nitrogens with zero attached hydrogens (tertiary/aromatic N) is 1. The summed E-state index contributed by atoms with van der Waals surface area (Å²) in [7, 11) is -3.53. The average Bonchev–Trinajstić information content (AvgIpc) is 2.51. The van der Waals surface area contributed by atoms with E-state index in [1.165, 1.54) is 24.3 Å². The fourth-order valence-electron chi connectivity index (χ4n) is 1.94. The predicted octanol–water partition coefficient (Wildman–Crippen LogP) is 2.03. The minimum Gasteiger partial charge on any atom is -0.366 e. The van der Waals surface area contributed by atoms with E-state index in [0.29, 0.717) is 16.4 Å². The van der Waals surface area contributed by atoms with Crippen molar-refractivity contribution in [1.29, 1.82) is 0 Å². The lowest BCUT2D eigenvalue weighted by molar-refractivity contribution is 0.100. The molecule has 2 rings (SSSR count). The van der Waals surface area contributed by atoms with Gasteiger partial charge in [0.2, 0.25) is 0 Å². The zero-order valence-corrected chi connectivity index (χ0v) is 12.6. The molecule has 0 heterocycles. The SMILES string of the molecule is CN(c1ccccc1C(N)=O)S(=O)(=O)c1ccc(F)c(F)c1F. The molecule has 0 saturated heterocycles. The first-order valence-corrected chi connectivity index (χ1v) is 7.63. The Labute approximate surface area is 130 Å². The Hall–Kier alpha value is -2.55. The minimum atomic E-state index is -4.57. The van der Waals surface area contributed by atoms with Crippen LogP contribution in [-0.2, 0) is 10.0 Å². The van der Waals surface area contributed by atoms with Crippen molar-refractivity contribution in [1.82, 2.24) is 0 Å². The summed E-state index contributed by atoms with van der Waals surface area (Å²) in [6.45, 7) is 0. The van der Waals surface area contributed by atoms with Crippen molar-refractivity contribution in [2.45, 2.75) is 4.90 Å². The van der Waals surface area contributed by atoms with Gasteiger partial charge in [-0.3, -0.25) is 9.10 Å². The Balaban J connectivity index is 2.62. The van der Waals surface area contributed by atoms with E-state index in [9.17, 15) is 26.4 Å². The first-order valence-electron chi connectivity index (χ1n) is 6.19. The monoisotopic (exact) mass is 344 g/mol. The van der Waals surface area contributed by atoms with Gasteiger partial charge in [0.25, 0.3) is 15.9 Å². The smallest absolute Gasteiger partial charge is 0.267 e. The summed E-state index contributed by atoms with van der Waals surface area (Å²) in [6.07, 6.45) is 0. The van der Waals surface area contributed by atoms with Gasteiger partial charge in [0.05, 0.1) is 11.3 Å². The van der Waals surface area contributed by atoms with E-state index in [1.54, 1.807) is 0 Å². The average molecular weight is 344 g/mol. The normalized spacial score (nSPS) is 11.3. The quantitative estimate of drug-likeness (QED) is 0.862. The number of carbonyl (C=O) groups is 1. The van der Waals surface area contributed by atoms with Crippen LogP contribution in [0.2, 0.25) is 0 Å². The zero-order chi connectivity index (χ0) is 17.4. The van der Waals surface area contributed by atoms with Crippen molar-refractivity contribution >= 4 is 21.6 Å². The number of primary amides is 1. The summed E-state index contributed by atoms with van der Waals surface area (Å²) >= 11 is 0. The van der Waals surface area contributed by atoms with E-state index in [4.69, 9.17) is 5.73 Å². The molecule has 9 heteroatoms. The molecule has 0 bridgehead atoms. The van der Waals surface area contributed by atoms with Gasteiger partial charge in [0, 0.05) is 7.05 Å². The number of rotatable bonds is 4. The molecule has 0 fully saturated rings. The zero-order valence-electron chi connectivity index (χ0n) is 11.8. The molecule has 0 aromatic heterocycles. The molecular formula is C14H11F3N2O3S. The van der Waals surface area contributed by atoms with Crippen LogP contribution in [-0.4, -0.2) is 21.4 Å². The maximum Gasteiger partial charge on any atom is 0.267 e. The Morgan fingerprint density at radius 2 is 1.65 bits per heavy atom. The second kappa shape index (κ2) is 5.92. The van der Waals surface area contributed by atoms with Gasteiger partial charge in [-0.1, -0.05) is 12.1 Å². The molecule has 0 aliphatic rings. The highest BCUT2D eigenvalue weighted by molar-refractivity contribution is 7.92. The van der Waals surface area contributed by atoms with Crippen LogP contribution in [0.1, 0.15) is 10.4 Å². The van der Waals surface area contributed by atoms with Crippen LogP contribution in [0.3, 0.4) is 0 Å².